The van der Waals surface area contributed by atoms with Crippen LogP contribution in [-0.2, 0) is 10.8 Å². The van der Waals surface area contributed by atoms with E-state index in [9.17, 15) is 0 Å². The molecule has 0 amide bonds. The van der Waals surface area contributed by atoms with Crippen molar-refractivity contribution in [1.29, 1.82) is 0 Å². The van der Waals surface area contributed by atoms with E-state index in [1.165, 1.54) is 86.9 Å². The van der Waals surface area contributed by atoms with Crippen LogP contribution in [0.3, 0.4) is 0 Å². The lowest BCUT2D eigenvalue weighted by Gasteiger charge is -2.21. The first kappa shape index (κ1) is 32.2. The van der Waals surface area contributed by atoms with Gasteiger partial charge < -0.3 is 0 Å². The Hall–Kier alpha value is -6.23. The molecule has 2 aliphatic rings. The molecule has 0 fully saturated rings. The van der Waals surface area contributed by atoms with E-state index in [4.69, 9.17) is 11.6 Å². The minimum Gasteiger partial charge on any atom is -0.244 e. The quantitative estimate of drug-likeness (QED) is 0.115. The summed E-state index contributed by atoms with van der Waals surface area (Å²) in [5.41, 5.74) is 9.15. The highest BCUT2D eigenvalue weighted by Gasteiger charge is 2.39. The maximum Gasteiger partial charge on any atom is 0.222 e. The number of hydrogen-bond acceptors (Lipinski definition) is 4. The number of fused-ring (bicyclic) bond motifs is 18. The first-order chi connectivity index (χ1) is 26.7. The van der Waals surface area contributed by atoms with Crippen molar-refractivity contribution in [2.45, 2.75) is 38.5 Å². The molecule has 2 aliphatic carbocycles. The Balaban J connectivity index is 0.000000128. The molecule has 0 unspecified atom stereocenters. The third-order valence-corrected chi connectivity index (χ3v) is 12.5. The van der Waals surface area contributed by atoms with E-state index in [1.807, 2.05) is 12.4 Å². The Kier molecular flexibility index (Phi) is 6.67. The largest absolute Gasteiger partial charge is 0.244 e. The van der Waals surface area contributed by atoms with Gasteiger partial charge in [-0.1, -0.05) is 125 Å². The second kappa shape index (κ2) is 11.4. The van der Waals surface area contributed by atoms with Gasteiger partial charge in [-0.3, -0.25) is 0 Å². The maximum absolute atomic E-state index is 6.13. The number of nitrogens with zero attached hydrogens (tertiary/aromatic N) is 4. The zero-order valence-electron chi connectivity index (χ0n) is 30.9. The summed E-state index contributed by atoms with van der Waals surface area (Å²) in [6.07, 6.45) is 5.50. The van der Waals surface area contributed by atoms with Crippen LogP contribution in [0.5, 0.6) is 0 Å². The molecule has 0 atom stereocenters. The van der Waals surface area contributed by atoms with E-state index in [-0.39, 0.29) is 10.8 Å². The van der Waals surface area contributed by atoms with E-state index < -0.39 is 0 Å². The summed E-state index contributed by atoms with van der Waals surface area (Å²) in [7, 11) is 0. The Labute approximate surface area is 323 Å². The highest BCUT2D eigenvalue weighted by atomic mass is 35.5. The molecule has 262 valence electrons. The standard InChI is InChI=1S/C25H17ClN2.C25H18N2/c1-25(2)22-12-19-17-10-6-4-8-15(17)14-7-3-5-9-16(14)18(19)11-20(22)21-13-27-24(26)28-23(21)25;1-25(2)23-12-20-18-10-6-4-8-16(18)15-7-3-5-9-17(15)19(20)11-21(23)22-13-26-14-27-24(22)25/h3-13H,1-2H3;3-14H,1-2H3. The van der Waals surface area contributed by atoms with Gasteiger partial charge in [0.2, 0.25) is 5.28 Å². The van der Waals surface area contributed by atoms with Crippen LogP contribution >= 0.6 is 11.6 Å². The summed E-state index contributed by atoms with van der Waals surface area (Å²) in [6.45, 7) is 8.96. The smallest absolute Gasteiger partial charge is 0.222 e. The van der Waals surface area contributed by atoms with E-state index in [2.05, 4.69) is 169 Å². The third-order valence-electron chi connectivity index (χ3n) is 12.3. The lowest BCUT2D eigenvalue weighted by molar-refractivity contribution is 0.635. The van der Waals surface area contributed by atoms with Gasteiger partial charge in [-0.25, -0.2) is 19.9 Å². The number of hydrogen-bond donors (Lipinski definition) is 0. The predicted octanol–water partition coefficient (Wildman–Crippen LogP) is 13.1. The summed E-state index contributed by atoms with van der Waals surface area (Å²) in [5.74, 6) is 0. The highest BCUT2D eigenvalue weighted by Crippen LogP contribution is 2.52. The van der Waals surface area contributed by atoms with Crippen molar-refractivity contribution >= 4 is 76.2 Å². The summed E-state index contributed by atoms with van der Waals surface area (Å²) >= 11 is 6.13. The molecule has 55 heavy (non-hydrogen) atoms. The monoisotopic (exact) mass is 726 g/mol. The zero-order valence-corrected chi connectivity index (χ0v) is 31.7. The molecule has 5 heteroatoms. The zero-order chi connectivity index (χ0) is 37.2. The Morgan fingerprint density at radius 2 is 0.764 bits per heavy atom. The lowest BCUT2D eigenvalue weighted by atomic mass is 9.83. The molecule has 0 spiro atoms. The number of rotatable bonds is 0. The first-order valence-corrected chi connectivity index (χ1v) is 19.2. The van der Waals surface area contributed by atoms with Crippen LogP contribution in [0.2, 0.25) is 5.28 Å². The topological polar surface area (TPSA) is 51.6 Å². The highest BCUT2D eigenvalue weighted by molar-refractivity contribution is 6.29. The molecule has 8 aromatic carbocycles. The Bertz CT molecular complexity index is 3290. The van der Waals surface area contributed by atoms with Crippen LogP contribution in [0.15, 0.2) is 140 Å². The van der Waals surface area contributed by atoms with Crippen molar-refractivity contribution in [2.75, 3.05) is 0 Å². The van der Waals surface area contributed by atoms with Gasteiger partial charge in [-0.05, 0) is 123 Å². The van der Waals surface area contributed by atoms with Crippen LogP contribution in [0, 0.1) is 0 Å². The summed E-state index contributed by atoms with van der Waals surface area (Å²) in [6, 6.07) is 44.2. The molecule has 4 nitrogen and oxygen atoms in total. The van der Waals surface area contributed by atoms with Crippen molar-refractivity contribution in [1.82, 2.24) is 19.9 Å². The van der Waals surface area contributed by atoms with Crippen molar-refractivity contribution in [3.8, 4) is 22.3 Å². The predicted molar refractivity (Wildman–Crippen MR) is 229 cm³/mol. The minimum absolute atomic E-state index is 0.117. The van der Waals surface area contributed by atoms with Crippen LogP contribution < -0.4 is 0 Å². The number of aromatic nitrogens is 4. The normalized spacial score (nSPS) is 14.6. The van der Waals surface area contributed by atoms with Crippen LogP contribution in [0.1, 0.15) is 50.2 Å². The molecule has 12 rings (SSSR count). The van der Waals surface area contributed by atoms with Gasteiger partial charge in [0.05, 0.1) is 11.4 Å². The maximum atomic E-state index is 6.13. The molecule has 2 heterocycles. The summed E-state index contributed by atoms with van der Waals surface area (Å²) < 4.78 is 0. The Morgan fingerprint density at radius 1 is 0.400 bits per heavy atom. The van der Waals surface area contributed by atoms with E-state index in [0.717, 1.165) is 22.5 Å². The SMILES string of the molecule is CC1(C)c2cc3c4ccccc4c4ccccc4c3cc2-c2cnc(Cl)nc21.CC1(C)c2cc3c4ccccc4c4ccccc4c3cc2-c2cncnc21. The average molecular weight is 727 g/mol. The van der Waals surface area contributed by atoms with Crippen molar-refractivity contribution in [3.05, 3.63) is 168 Å². The van der Waals surface area contributed by atoms with Crippen LogP contribution in [0.4, 0.5) is 0 Å². The molecule has 0 radical (unpaired) electrons. The molecule has 2 aromatic heterocycles. The molecule has 0 aliphatic heterocycles. The van der Waals surface area contributed by atoms with E-state index in [0.29, 0.717) is 5.28 Å². The molecule has 0 saturated heterocycles. The molecular weight excluding hydrogens is 692 g/mol. The second-order valence-corrected chi connectivity index (χ2v) is 16.3. The van der Waals surface area contributed by atoms with Crippen LogP contribution in [-0.4, -0.2) is 19.9 Å². The Morgan fingerprint density at radius 3 is 1.20 bits per heavy atom. The van der Waals surface area contributed by atoms with Gasteiger partial charge in [0, 0.05) is 34.4 Å². The fourth-order valence-electron chi connectivity index (χ4n) is 9.70. The lowest BCUT2D eigenvalue weighted by Crippen LogP contribution is -2.17. The fourth-order valence-corrected chi connectivity index (χ4v) is 9.83. The molecule has 0 N–H and O–H groups in total. The summed E-state index contributed by atoms with van der Waals surface area (Å²) in [4.78, 5) is 17.8. The van der Waals surface area contributed by atoms with Gasteiger partial charge in [0.1, 0.15) is 6.33 Å². The van der Waals surface area contributed by atoms with Crippen molar-refractivity contribution < 1.29 is 0 Å². The van der Waals surface area contributed by atoms with Crippen LogP contribution in [0.25, 0.3) is 86.9 Å². The van der Waals surface area contributed by atoms with Gasteiger partial charge in [-0.2, -0.15) is 0 Å². The molecule has 10 aromatic rings. The van der Waals surface area contributed by atoms with Gasteiger partial charge in [-0.15, -0.1) is 0 Å². The number of benzene rings is 8. The second-order valence-electron chi connectivity index (χ2n) is 16.0. The van der Waals surface area contributed by atoms with E-state index in [1.54, 1.807) is 6.33 Å². The van der Waals surface area contributed by atoms with Gasteiger partial charge in [0.15, 0.2) is 0 Å². The third kappa shape index (κ3) is 4.46. The first-order valence-electron chi connectivity index (χ1n) is 18.8. The van der Waals surface area contributed by atoms with Gasteiger partial charge >= 0.3 is 0 Å². The average Bonchev–Trinajstić information content (AvgIpc) is 3.58. The molecule has 0 bridgehead atoms. The van der Waals surface area contributed by atoms with Crippen molar-refractivity contribution in [2.24, 2.45) is 0 Å². The van der Waals surface area contributed by atoms with Crippen molar-refractivity contribution in [3.63, 3.8) is 0 Å². The fraction of sp³-hybridized carbons (Fsp3) is 0.120. The van der Waals surface area contributed by atoms with E-state index >= 15 is 0 Å². The molecule has 0 saturated carbocycles. The summed E-state index contributed by atoms with van der Waals surface area (Å²) in [5, 5.41) is 15.9. The number of halogens is 1. The van der Waals surface area contributed by atoms with Gasteiger partial charge in [0.25, 0.3) is 0 Å². The minimum atomic E-state index is -0.210. The molecular formula is C50H35ClN4.